The van der Waals surface area contributed by atoms with Crippen LogP contribution < -0.4 is 10.6 Å². The molecule has 0 spiro atoms. The Morgan fingerprint density at radius 2 is 1.61 bits per heavy atom. The van der Waals surface area contributed by atoms with Gasteiger partial charge in [-0.05, 0) is 61.4 Å². The molecule has 0 saturated heterocycles. The minimum atomic E-state index is -0.185. The number of rotatable bonds is 6. The maximum atomic E-state index is 12.6. The molecule has 0 atom stereocenters. The quantitative estimate of drug-likeness (QED) is 0.369. The van der Waals surface area contributed by atoms with Gasteiger partial charge in [-0.2, -0.15) is 0 Å². The molecule has 1 heterocycles. The summed E-state index contributed by atoms with van der Waals surface area (Å²) in [6.07, 6.45) is 0. The first-order chi connectivity index (χ1) is 15.0. The number of aromatic amines is 1. The summed E-state index contributed by atoms with van der Waals surface area (Å²) in [5, 5.41) is 6.51. The maximum Gasteiger partial charge on any atom is 0.255 e. The number of thioether (sulfide) groups is 1. The zero-order valence-electron chi connectivity index (χ0n) is 17.2. The standard InChI is InChI=1S/C24H22N4O2S/c1-15-6-5-7-16(2)22(15)28-23(30)17-10-12-18(13-11-17)25-21(29)14-31-24-26-19-8-3-4-9-20(19)27-24/h3-13H,14H2,1-2H3,(H,25,29)(H,26,27)(H,28,30). The molecule has 0 radical (unpaired) electrons. The first-order valence-corrected chi connectivity index (χ1v) is 10.8. The summed E-state index contributed by atoms with van der Waals surface area (Å²) in [6.45, 7) is 3.93. The van der Waals surface area contributed by atoms with E-state index in [2.05, 4.69) is 20.6 Å². The number of para-hydroxylation sites is 3. The van der Waals surface area contributed by atoms with E-state index in [9.17, 15) is 9.59 Å². The second-order valence-electron chi connectivity index (χ2n) is 7.19. The van der Waals surface area contributed by atoms with Gasteiger partial charge >= 0.3 is 0 Å². The number of carbonyl (C=O) groups is 2. The second-order valence-corrected chi connectivity index (χ2v) is 8.16. The van der Waals surface area contributed by atoms with Crippen LogP contribution in [-0.2, 0) is 4.79 Å². The SMILES string of the molecule is Cc1cccc(C)c1NC(=O)c1ccc(NC(=O)CSc2nc3ccccc3[nH]2)cc1. The second kappa shape index (κ2) is 9.06. The molecular formula is C24H22N4O2S. The van der Waals surface area contributed by atoms with Gasteiger partial charge in [0.25, 0.3) is 5.91 Å². The third kappa shape index (κ3) is 4.95. The number of imidazole rings is 1. The van der Waals surface area contributed by atoms with Crippen molar-refractivity contribution < 1.29 is 9.59 Å². The van der Waals surface area contributed by atoms with Crippen LogP contribution in [0.25, 0.3) is 11.0 Å². The fourth-order valence-electron chi connectivity index (χ4n) is 3.23. The minimum absolute atomic E-state index is 0.141. The molecule has 0 aliphatic rings. The van der Waals surface area contributed by atoms with E-state index in [1.165, 1.54) is 11.8 Å². The topological polar surface area (TPSA) is 86.9 Å². The van der Waals surface area contributed by atoms with Crippen molar-refractivity contribution in [2.75, 3.05) is 16.4 Å². The van der Waals surface area contributed by atoms with Crippen molar-refractivity contribution in [3.8, 4) is 0 Å². The van der Waals surface area contributed by atoms with E-state index in [1.54, 1.807) is 24.3 Å². The lowest BCUT2D eigenvalue weighted by Crippen LogP contribution is -2.15. The largest absolute Gasteiger partial charge is 0.333 e. The highest BCUT2D eigenvalue weighted by Crippen LogP contribution is 2.22. The third-order valence-corrected chi connectivity index (χ3v) is 5.73. The zero-order chi connectivity index (χ0) is 21.8. The Bertz CT molecular complexity index is 1190. The Morgan fingerprint density at radius 3 is 2.32 bits per heavy atom. The Hall–Kier alpha value is -3.58. The fraction of sp³-hybridized carbons (Fsp3) is 0.125. The van der Waals surface area contributed by atoms with Crippen molar-refractivity contribution in [2.24, 2.45) is 0 Å². The molecule has 156 valence electrons. The van der Waals surface area contributed by atoms with Crippen LogP contribution in [0, 0.1) is 13.8 Å². The molecule has 0 saturated carbocycles. The van der Waals surface area contributed by atoms with Crippen LogP contribution in [0.3, 0.4) is 0 Å². The van der Waals surface area contributed by atoms with E-state index in [-0.39, 0.29) is 17.6 Å². The molecule has 0 aliphatic heterocycles. The van der Waals surface area contributed by atoms with Gasteiger partial charge in [0, 0.05) is 16.9 Å². The molecule has 3 N–H and O–H groups in total. The number of hydrogen-bond donors (Lipinski definition) is 3. The molecule has 0 unspecified atom stereocenters. The molecule has 2 amide bonds. The third-order valence-electron chi connectivity index (χ3n) is 4.86. The van der Waals surface area contributed by atoms with Crippen molar-refractivity contribution in [1.82, 2.24) is 9.97 Å². The van der Waals surface area contributed by atoms with Gasteiger partial charge in [-0.1, -0.05) is 42.1 Å². The van der Waals surface area contributed by atoms with Gasteiger partial charge < -0.3 is 15.6 Å². The summed E-state index contributed by atoms with van der Waals surface area (Å²) in [5.41, 5.74) is 5.84. The Kier molecular flexibility index (Phi) is 6.04. The molecule has 4 aromatic rings. The lowest BCUT2D eigenvalue weighted by molar-refractivity contribution is -0.113. The fourth-order valence-corrected chi connectivity index (χ4v) is 3.92. The van der Waals surface area contributed by atoms with E-state index in [1.807, 2.05) is 56.3 Å². The van der Waals surface area contributed by atoms with Gasteiger partial charge in [-0.15, -0.1) is 0 Å². The molecule has 3 aromatic carbocycles. The Morgan fingerprint density at radius 1 is 0.903 bits per heavy atom. The maximum absolute atomic E-state index is 12.6. The number of hydrogen-bond acceptors (Lipinski definition) is 4. The van der Waals surface area contributed by atoms with E-state index in [0.29, 0.717) is 16.4 Å². The summed E-state index contributed by atoms with van der Waals surface area (Å²) in [6, 6.07) is 20.5. The first-order valence-electron chi connectivity index (χ1n) is 9.84. The van der Waals surface area contributed by atoms with Gasteiger partial charge in [-0.25, -0.2) is 4.98 Å². The summed E-state index contributed by atoms with van der Waals surface area (Å²) in [5.74, 6) is -0.0943. The van der Waals surface area contributed by atoms with Crippen LogP contribution in [0.5, 0.6) is 0 Å². The lowest BCUT2D eigenvalue weighted by Gasteiger charge is -2.12. The van der Waals surface area contributed by atoms with Crippen LogP contribution in [0.15, 0.2) is 71.9 Å². The first kappa shape index (κ1) is 20.7. The van der Waals surface area contributed by atoms with Crippen molar-refractivity contribution in [1.29, 1.82) is 0 Å². The Labute approximate surface area is 184 Å². The van der Waals surface area contributed by atoms with Crippen LogP contribution in [-0.4, -0.2) is 27.5 Å². The Balaban J connectivity index is 1.33. The van der Waals surface area contributed by atoms with E-state index >= 15 is 0 Å². The molecule has 0 aliphatic carbocycles. The van der Waals surface area contributed by atoms with Gasteiger partial charge in [0.15, 0.2) is 5.16 Å². The molecule has 1 aromatic heterocycles. The molecule has 6 nitrogen and oxygen atoms in total. The number of fused-ring (bicyclic) bond motifs is 1. The van der Waals surface area contributed by atoms with Crippen LogP contribution in [0.2, 0.25) is 0 Å². The number of amides is 2. The van der Waals surface area contributed by atoms with Crippen molar-refractivity contribution in [2.45, 2.75) is 19.0 Å². The number of nitrogens with one attached hydrogen (secondary N) is 3. The van der Waals surface area contributed by atoms with Crippen LogP contribution in [0.1, 0.15) is 21.5 Å². The number of benzene rings is 3. The minimum Gasteiger partial charge on any atom is -0.333 e. The van der Waals surface area contributed by atoms with Gasteiger partial charge in [-0.3, -0.25) is 9.59 Å². The van der Waals surface area contributed by atoms with Gasteiger partial charge in [0.1, 0.15) is 0 Å². The van der Waals surface area contributed by atoms with Crippen molar-refractivity contribution >= 4 is 46.0 Å². The smallest absolute Gasteiger partial charge is 0.255 e. The summed E-state index contributed by atoms with van der Waals surface area (Å²) in [7, 11) is 0. The zero-order valence-corrected chi connectivity index (χ0v) is 18.0. The monoisotopic (exact) mass is 430 g/mol. The van der Waals surface area contributed by atoms with Crippen molar-refractivity contribution in [3.63, 3.8) is 0 Å². The molecule has 31 heavy (non-hydrogen) atoms. The number of nitrogens with zero attached hydrogens (tertiary/aromatic N) is 1. The van der Waals surface area contributed by atoms with Crippen molar-refractivity contribution in [3.05, 3.63) is 83.4 Å². The van der Waals surface area contributed by atoms with Crippen LogP contribution >= 0.6 is 11.8 Å². The molecular weight excluding hydrogens is 408 g/mol. The average Bonchev–Trinajstić information content (AvgIpc) is 3.18. The summed E-state index contributed by atoms with van der Waals surface area (Å²) < 4.78 is 0. The number of carbonyl (C=O) groups excluding carboxylic acids is 2. The van der Waals surface area contributed by atoms with Crippen LogP contribution in [0.4, 0.5) is 11.4 Å². The highest BCUT2D eigenvalue weighted by atomic mass is 32.2. The number of anilines is 2. The van der Waals surface area contributed by atoms with E-state index in [4.69, 9.17) is 0 Å². The summed E-state index contributed by atoms with van der Waals surface area (Å²) in [4.78, 5) is 32.5. The number of aromatic nitrogens is 2. The van der Waals surface area contributed by atoms with Gasteiger partial charge in [0.05, 0.1) is 16.8 Å². The highest BCUT2D eigenvalue weighted by molar-refractivity contribution is 7.99. The highest BCUT2D eigenvalue weighted by Gasteiger charge is 2.11. The normalized spacial score (nSPS) is 10.8. The molecule has 0 fully saturated rings. The number of aryl methyl sites for hydroxylation is 2. The molecule has 7 heteroatoms. The molecule has 0 bridgehead atoms. The van der Waals surface area contributed by atoms with E-state index in [0.717, 1.165) is 27.8 Å². The number of H-pyrrole nitrogens is 1. The summed E-state index contributed by atoms with van der Waals surface area (Å²) >= 11 is 1.34. The predicted molar refractivity (Wildman–Crippen MR) is 126 cm³/mol. The van der Waals surface area contributed by atoms with E-state index < -0.39 is 0 Å². The molecule has 4 rings (SSSR count). The van der Waals surface area contributed by atoms with Gasteiger partial charge in [0.2, 0.25) is 5.91 Å². The predicted octanol–water partition coefficient (Wildman–Crippen LogP) is 5.16. The average molecular weight is 431 g/mol. The lowest BCUT2D eigenvalue weighted by atomic mass is 10.1.